The molecule has 0 atom stereocenters. The van der Waals surface area contributed by atoms with Crippen LogP contribution >= 0.6 is 0 Å². The summed E-state index contributed by atoms with van der Waals surface area (Å²) in [5.74, 6) is 0.634. The van der Waals surface area contributed by atoms with Gasteiger partial charge in [0.15, 0.2) is 5.82 Å². The maximum Gasteiger partial charge on any atom is 0.350 e. The monoisotopic (exact) mass is 266 g/mol. The van der Waals surface area contributed by atoms with Crippen LogP contribution in [0.5, 0.6) is 0 Å². The molecular weight excluding hydrogens is 252 g/mol. The summed E-state index contributed by atoms with van der Waals surface area (Å²) in [4.78, 5) is 16.5. The fourth-order valence-corrected chi connectivity index (χ4v) is 2.13. The summed E-state index contributed by atoms with van der Waals surface area (Å²) in [6.07, 6.45) is 3.41. The number of benzene rings is 1. The van der Waals surface area contributed by atoms with Crippen LogP contribution in [-0.2, 0) is 6.54 Å². The molecule has 0 amide bonds. The van der Waals surface area contributed by atoms with Crippen LogP contribution in [0.2, 0.25) is 0 Å². The number of para-hydroxylation sites is 1. The summed E-state index contributed by atoms with van der Waals surface area (Å²) in [6, 6.07) is 13.1. The lowest BCUT2D eigenvalue weighted by Gasteiger charge is -2.00. The second kappa shape index (κ2) is 5.13. The highest BCUT2D eigenvalue weighted by Crippen LogP contribution is 2.15. The molecule has 0 aliphatic rings. The molecule has 0 aliphatic heterocycles. The fourth-order valence-electron chi connectivity index (χ4n) is 2.13. The Morgan fingerprint density at radius 1 is 1.10 bits per heavy atom. The van der Waals surface area contributed by atoms with E-state index in [0.717, 1.165) is 11.3 Å². The van der Waals surface area contributed by atoms with Gasteiger partial charge in [0.05, 0.1) is 5.69 Å². The third-order valence-corrected chi connectivity index (χ3v) is 3.10. The Kier molecular flexibility index (Phi) is 3.16. The summed E-state index contributed by atoms with van der Waals surface area (Å²) in [5, 5.41) is 4.45. The molecule has 0 radical (unpaired) electrons. The highest BCUT2D eigenvalue weighted by Gasteiger charge is 2.14. The molecule has 0 saturated carbocycles. The zero-order chi connectivity index (χ0) is 13.9. The number of hydrogen-bond donors (Lipinski definition) is 0. The van der Waals surface area contributed by atoms with Gasteiger partial charge in [-0.1, -0.05) is 18.2 Å². The molecule has 0 N–H and O–H groups in total. The average Bonchev–Trinajstić information content (AvgIpc) is 2.86. The molecule has 5 heteroatoms. The average molecular weight is 266 g/mol. The molecule has 20 heavy (non-hydrogen) atoms. The summed E-state index contributed by atoms with van der Waals surface area (Å²) < 4.78 is 3.07. The SMILES string of the molecule is CCn1c(-c2cccnc2)nn(-c2ccccc2)c1=O. The van der Waals surface area contributed by atoms with E-state index in [1.165, 1.54) is 4.68 Å². The van der Waals surface area contributed by atoms with Crippen molar-refractivity contribution in [3.8, 4) is 17.1 Å². The Morgan fingerprint density at radius 3 is 2.55 bits per heavy atom. The summed E-state index contributed by atoms with van der Waals surface area (Å²) in [7, 11) is 0. The molecule has 3 rings (SSSR count). The van der Waals surface area contributed by atoms with Crippen LogP contribution in [0.4, 0.5) is 0 Å². The molecule has 0 bridgehead atoms. The Balaban J connectivity index is 2.21. The predicted octanol–water partition coefficient (Wildman–Crippen LogP) is 2.12. The number of aromatic nitrogens is 4. The highest BCUT2D eigenvalue weighted by atomic mass is 16.2. The van der Waals surface area contributed by atoms with Crippen molar-refractivity contribution in [1.29, 1.82) is 0 Å². The minimum Gasteiger partial charge on any atom is -0.275 e. The van der Waals surface area contributed by atoms with Crippen molar-refractivity contribution in [3.05, 3.63) is 65.3 Å². The fraction of sp³-hybridized carbons (Fsp3) is 0.133. The first kappa shape index (κ1) is 12.3. The van der Waals surface area contributed by atoms with E-state index in [4.69, 9.17) is 0 Å². The minimum absolute atomic E-state index is 0.141. The van der Waals surface area contributed by atoms with E-state index in [-0.39, 0.29) is 5.69 Å². The Bertz CT molecular complexity index is 760. The molecule has 100 valence electrons. The van der Waals surface area contributed by atoms with Gasteiger partial charge in [-0.25, -0.2) is 4.79 Å². The standard InChI is InChI=1S/C15H14N4O/c1-2-18-14(12-7-6-10-16-11-12)17-19(15(18)20)13-8-4-3-5-9-13/h3-11H,2H2,1H3. The Hall–Kier alpha value is -2.69. The zero-order valence-electron chi connectivity index (χ0n) is 11.1. The van der Waals surface area contributed by atoms with Gasteiger partial charge in [0.1, 0.15) is 0 Å². The van der Waals surface area contributed by atoms with Crippen molar-refractivity contribution >= 4 is 0 Å². The third-order valence-electron chi connectivity index (χ3n) is 3.10. The molecule has 0 saturated heterocycles. The molecule has 0 aliphatic carbocycles. The second-order valence-corrected chi connectivity index (χ2v) is 4.34. The zero-order valence-corrected chi connectivity index (χ0v) is 11.1. The van der Waals surface area contributed by atoms with Gasteiger partial charge in [0.2, 0.25) is 0 Å². The molecule has 2 heterocycles. The van der Waals surface area contributed by atoms with Crippen LogP contribution in [0, 0.1) is 0 Å². The van der Waals surface area contributed by atoms with Crippen molar-refractivity contribution in [2.24, 2.45) is 0 Å². The number of hydrogen-bond acceptors (Lipinski definition) is 3. The molecule has 5 nitrogen and oxygen atoms in total. The van der Waals surface area contributed by atoms with Crippen molar-refractivity contribution < 1.29 is 0 Å². The van der Waals surface area contributed by atoms with E-state index in [9.17, 15) is 4.79 Å². The first-order valence-corrected chi connectivity index (χ1v) is 6.47. The lowest BCUT2D eigenvalue weighted by Crippen LogP contribution is -2.23. The van der Waals surface area contributed by atoms with Gasteiger partial charge in [-0.15, -0.1) is 5.10 Å². The first-order chi connectivity index (χ1) is 9.81. The lowest BCUT2D eigenvalue weighted by molar-refractivity contribution is 0.716. The van der Waals surface area contributed by atoms with E-state index >= 15 is 0 Å². The summed E-state index contributed by atoms with van der Waals surface area (Å²) in [5.41, 5.74) is 1.45. The number of pyridine rings is 1. The van der Waals surface area contributed by atoms with E-state index in [1.54, 1.807) is 17.0 Å². The maximum atomic E-state index is 12.4. The largest absolute Gasteiger partial charge is 0.350 e. The van der Waals surface area contributed by atoms with Gasteiger partial charge in [-0.05, 0) is 31.2 Å². The molecule has 0 spiro atoms. The molecule has 0 fully saturated rings. The van der Waals surface area contributed by atoms with Crippen LogP contribution in [0.1, 0.15) is 6.92 Å². The maximum absolute atomic E-state index is 12.4. The molecule has 0 unspecified atom stereocenters. The minimum atomic E-state index is -0.141. The molecule has 3 aromatic rings. The quantitative estimate of drug-likeness (QED) is 0.729. The Morgan fingerprint density at radius 2 is 1.90 bits per heavy atom. The van der Waals surface area contributed by atoms with Crippen LogP contribution in [0.3, 0.4) is 0 Å². The van der Waals surface area contributed by atoms with Gasteiger partial charge >= 0.3 is 5.69 Å². The summed E-state index contributed by atoms with van der Waals surface area (Å²) >= 11 is 0. The molecule has 2 aromatic heterocycles. The second-order valence-electron chi connectivity index (χ2n) is 4.34. The van der Waals surface area contributed by atoms with Crippen molar-refractivity contribution in [2.75, 3.05) is 0 Å². The normalized spacial score (nSPS) is 10.7. The van der Waals surface area contributed by atoms with Gasteiger partial charge < -0.3 is 0 Å². The Labute approximate surface area is 116 Å². The van der Waals surface area contributed by atoms with Crippen molar-refractivity contribution in [3.63, 3.8) is 0 Å². The van der Waals surface area contributed by atoms with Gasteiger partial charge in [-0.2, -0.15) is 4.68 Å². The van der Waals surface area contributed by atoms with E-state index in [0.29, 0.717) is 12.4 Å². The van der Waals surface area contributed by atoms with Gasteiger partial charge in [-0.3, -0.25) is 9.55 Å². The van der Waals surface area contributed by atoms with E-state index < -0.39 is 0 Å². The molecular formula is C15H14N4O. The van der Waals surface area contributed by atoms with Crippen LogP contribution in [0.15, 0.2) is 59.7 Å². The van der Waals surface area contributed by atoms with Crippen LogP contribution < -0.4 is 5.69 Å². The molecule has 1 aromatic carbocycles. The topological polar surface area (TPSA) is 52.7 Å². The van der Waals surface area contributed by atoms with E-state index in [1.807, 2.05) is 49.4 Å². The highest BCUT2D eigenvalue weighted by molar-refractivity contribution is 5.53. The van der Waals surface area contributed by atoms with Crippen LogP contribution in [0.25, 0.3) is 17.1 Å². The predicted molar refractivity (Wildman–Crippen MR) is 76.7 cm³/mol. The lowest BCUT2D eigenvalue weighted by atomic mass is 10.3. The van der Waals surface area contributed by atoms with Crippen molar-refractivity contribution in [2.45, 2.75) is 13.5 Å². The van der Waals surface area contributed by atoms with Gasteiger partial charge in [0, 0.05) is 24.5 Å². The van der Waals surface area contributed by atoms with Gasteiger partial charge in [0.25, 0.3) is 0 Å². The summed E-state index contributed by atoms with van der Waals surface area (Å²) in [6.45, 7) is 2.49. The number of rotatable bonds is 3. The first-order valence-electron chi connectivity index (χ1n) is 6.47. The third kappa shape index (κ3) is 2.03. The number of nitrogens with zero attached hydrogens (tertiary/aromatic N) is 4. The van der Waals surface area contributed by atoms with E-state index in [2.05, 4.69) is 10.1 Å². The van der Waals surface area contributed by atoms with Crippen molar-refractivity contribution in [1.82, 2.24) is 19.3 Å². The van der Waals surface area contributed by atoms with Crippen LogP contribution in [-0.4, -0.2) is 19.3 Å². The smallest absolute Gasteiger partial charge is 0.275 e.